The van der Waals surface area contributed by atoms with E-state index in [-0.39, 0.29) is 17.9 Å². The fourth-order valence-electron chi connectivity index (χ4n) is 2.27. The number of aromatic carboxylic acids is 1. The fourth-order valence-corrected chi connectivity index (χ4v) is 2.58. The molecule has 0 amide bonds. The molecule has 0 aromatic carbocycles. The van der Waals surface area contributed by atoms with Crippen molar-refractivity contribution in [1.82, 2.24) is 4.98 Å². The highest BCUT2D eigenvalue weighted by molar-refractivity contribution is 9.10. The van der Waals surface area contributed by atoms with Crippen molar-refractivity contribution >= 4 is 21.9 Å². The van der Waals surface area contributed by atoms with Gasteiger partial charge in [0.15, 0.2) is 11.4 Å². The lowest BCUT2D eigenvalue weighted by Gasteiger charge is -2.28. The number of ether oxygens (including phenoxy) is 2. The van der Waals surface area contributed by atoms with Gasteiger partial charge < -0.3 is 14.6 Å². The van der Waals surface area contributed by atoms with E-state index in [4.69, 9.17) is 14.6 Å². The van der Waals surface area contributed by atoms with Crippen LogP contribution in [0.3, 0.4) is 0 Å². The second-order valence-corrected chi connectivity index (χ2v) is 5.49. The summed E-state index contributed by atoms with van der Waals surface area (Å²) in [6.45, 7) is 0. The molecule has 1 heterocycles. The highest BCUT2D eigenvalue weighted by Crippen LogP contribution is 2.28. The first-order valence-electron chi connectivity index (χ1n) is 6.18. The number of hydrogen-bond acceptors (Lipinski definition) is 4. The Kier molecular flexibility index (Phi) is 4.76. The molecule has 1 aliphatic rings. The zero-order chi connectivity index (χ0) is 13.8. The molecule has 1 aromatic rings. The second kappa shape index (κ2) is 6.34. The van der Waals surface area contributed by atoms with Crippen molar-refractivity contribution in [3.63, 3.8) is 0 Å². The number of nitrogens with zero attached hydrogens (tertiary/aromatic N) is 1. The molecule has 1 aliphatic carbocycles. The summed E-state index contributed by atoms with van der Waals surface area (Å²) in [5.74, 6) is -0.773. The molecule has 0 bridgehead atoms. The van der Waals surface area contributed by atoms with E-state index >= 15 is 0 Å². The third kappa shape index (κ3) is 3.67. The highest BCUT2D eigenvalue weighted by Gasteiger charge is 2.25. The van der Waals surface area contributed by atoms with Crippen LogP contribution in [0, 0.1) is 0 Å². The van der Waals surface area contributed by atoms with Crippen molar-refractivity contribution in [2.45, 2.75) is 37.9 Å². The van der Waals surface area contributed by atoms with Gasteiger partial charge in [-0.2, -0.15) is 0 Å². The third-order valence-corrected chi connectivity index (χ3v) is 3.66. The van der Waals surface area contributed by atoms with E-state index < -0.39 is 5.97 Å². The summed E-state index contributed by atoms with van der Waals surface area (Å²) in [5, 5.41) is 9.10. The SMILES string of the molecule is COC1CCCC(Oc2cc(Br)cnc2C(=O)O)C1. The molecule has 2 atom stereocenters. The van der Waals surface area contributed by atoms with Crippen molar-refractivity contribution in [3.05, 3.63) is 22.4 Å². The molecule has 5 nitrogen and oxygen atoms in total. The van der Waals surface area contributed by atoms with Gasteiger partial charge in [0.2, 0.25) is 0 Å². The number of pyridine rings is 1. The van der Waals surface area contributed by atoms with Gasteiger partial charge in [-0.15, -0.1) is 0 Å². The van der Waals surface area contributed by atoms with E-state index in [1.54, 1.807) is 13.2 Å². The maximum absolute atomic E-state index is 11.1. The third-order valence-electron chi connectivity index (χ3n) is 3.23. The Bertz CT molecular complexity index is 466. The lowest BCUT2D eigenvalue weighted by molar-refractivity contribution is 0.0202. The number of methoxy groups -OCH3 is 1. The lowest BCUT2D eigenvalue weighted by atomic mass is 9.95. The molecule has 0 radical (unpaired) electrons. The Morgan fingerprint density at radius 1 is 1.47 bits per heavy atom. The lowest BCUT2D eigenvalue weighted by Crippen LogP contribution is -2.30. The van der Waals surface area contributed by atoms with Crippen LogP contribution in [0.1, 0.15) is 36.2 Å². The highest BCUT2D eigenvalue weighted by atomic mass is 79.9. The topological polar surface area (TPSA) is 68.7 Å². The number of halogens is 1. The Balaban J connectivity index is 2.13. The number of rotatable bonds is 4. The first-order valence-corrected chi connectivity index (χ1v) is 6.97. The summed E-state index contributed by atoms with van der Waals surface area (Å²) in [7, 11) is 1.69. The number of hydrogen-bond donors (Lipinski definition) is 1. The Morgan fingerprint density at radius 2 is 2.21 bits per heavy atom. The Hall–Kier alpha value is -1.14. The van der Waals surface area contributed by atoms with Gasteiger partial charge in [-0.25, -0.2) is 9.78 Å². The number of carbonyl (C=O) groups is 1. The molecule has 1 saturated carbocycles. The maximum atomic E-state index is 11.1. The molecule has 2 rings (SSSR count). The standard InChI is InChI=1S/C13H16BrNO4/c1-18-9-3-2-4-10(6-9)19-11-5-8(14)7-15-12(11)13(16)17/h5,7,9-10H,2-4,6H2,1H3,(H,16,17). The van der Waals surface area contributed by atoms with Crippen LogP contribution in [-0.2, 0) is 4.74 Å². The van der Waals surface area contributed by atoms with Gasteiger partial charge >= 0.3 is 5.97 Å². The molecule has 2 unspecified atom stereocenters. The summed E-state index contributed by atoms with van der Waals surface area (Å²) >= 11 is 3.28. The van der Waals surface area contributed by atoms with E-state index in [1.165, 1.54) is 6.20 Å². The summed E-state index contributed by atoms with van der Waals surface area (Å²) in [6, 6.07) is 1.65. The van der Waals surface area contributed by atoms with Crippen molar-refractivity contribution in [2.75, 3.05) is 7.11 Å². The normalized spacial score (nSPS) is 23.1. The molecule has 1 aromatic heterocycles. The predicted molar refractivity (Wildman–Crippen MR) is 72.6 cm³/mol. The summed E-state index contributed by atoms with van der Waals surface area (Å²) in [5.41, 5.74) is -0.0530. The van der Waals surface area contributed by atoms with Gasteiger partial charge in [0.1, 0.15) is 6.10 Å². The second-order valence-electron chi connectivity index (χ2n) is 4.57. The molecule has 0 saturated heterocycles. The molecule has 0 spiro atoms. The van der Waals surface area contributed by atoms with Crippen LogP contribution in [0.5, 0.6) is 5.75 Å². The van der Waals surface area contributed by atoms with Gasteiger partial charge in [-0.1, -0.05) is 0 Å². The molecular weight excluding hydrogens is 314 g/mol. The zero-order valence-electron chi connectivity index (χ0n) is 10.6. The molecule has 1 N–H and O–H groups in total. The van der Waals surface area contributed by atoms with Crippen molar-refractivity contribution in [1.29, 1.82) is 0 Å². The monoisotopic (exact) mass is 329 g/mol. The average molecular weight is 330 g/mol. The molecule has 104 valence electrons. The number of carboxylic acid groups (broad SMARTS) is 1. The van der Waals surface area contributed by atoms with Gasteiger partial charge in [0.05, 0.1) is 6.10 Å². The smallest absolute Gasteiger partial charge is 0.358 e. The minimum Gasteiger partial charge on any atom is -0.488 e. The van der Waals surface area contributed by atoms with Gasteiger partial charge in [0, 0.05) is 24.2 Å². The van der Waals surface area contributed by atoms with Crippen LogP contribution in [0.4, 0.5) is 0 Å². The Labute approximate surface area is 120 Å². The molecule has 19 heavy (non-hydrogen) atoms. The predicted octanol–water partition coefficient (Wildman–Crippen LogP) is 2.88. The number of carboxylic acids is 1. The van der Waals surface area contributed by atoms with Crippen LogP contribution in [0.15, 0.2) is 16.7 Å². The van der Waals surface area contributed by atoms with Crippen LogP contribution >= 0.6 is 15.9 Å². The van der Waals surface area contributed by atoms with Crippen molar-refractivity contribution in [3.8, 4) is 5.75 Å². The quantitative estimate of drug-likeness (QED) is 0.919. The molecular formula is C13H16BrNO4. The minimum atomic E-state index is -1.08. The maximum Gasteiger partial charge on any atom is 0.358 e. The minimum absolute atomic E-state index is 0.0205. The Morgan fingerprint density at radius 3 is 2.89 bits per heavy atom. The summed E-state index contributed by atoms with van der Waals surface area (Å²) in [4.78, 5) is 15.0. The van der Waals surface area contributed by atoms with Crippen LogP contribution in [-0.4, -0.2) is 35.4 Å². The molecule has 1 fully saturated rings. The van der Waals surface area contributed by atoms with Crippen molar-refractivity contribution in [2.24, 2.45) is 0 Å². The summed E-state index contributed by atoms with van der Waals surface area (Å²) in [6.07, 6.45) is 5.36. The largest absolute Gasteiger partial charge is 0.488 e. The fraction of sp³-hybridized carbons (Fsp3) is 0.538. The van der Waals surface area contributed by atoms with Crippen LogP contribution < -0.4 is 4.74 Å². The molecule has 6 heteroatoms. The first-order chi connectivity index (χ1) is 9.10. The van der Waals surface area contributed by atoms with Gasteiger partial charge in [0.25, 0.3) is 0 Å². The van der Waals surface area contributed by atoms with Gasteiger partial charge in [-0.05, 0) is 41.3 Å². The van der Waals surface area contributed by atoms with E-state index in [0.29, 0.717) is 10.2 Å². The van der Waals surface area contributed by atoms with Crippen LogP contribution in [0.2, 0.25) is 0 Å². The van der Waals surface area contributed by atoms with E-state index in [0.717, 1.165) is 25.7 Å². The van der Waals surface area contributed by atoms with E-state index in [2.05, 4.69) is 20.9 Å². The average Bonchev–Trinajstić information content (AvgIpc) is 2.38. The zero-order valence-corrected chi connectivity index (χ0v) is 12.2. The van der Waals surface area contributed by atoms with Crippen molar-refractivity contribution < 1.29 is 19.4 Å². The van der Waals surface area contributed by atoms with Crippen LogP contribution in [0.25, 0.3) is 0 Å². The first kappa shape index (κ1) is 14.3. The number of aromatic nitrogens is 1. The summed E-state index contributed by atoms with van der Waals surface area (Å²) < 4.78 is 11.8. The molecule has 0 aliphatic heterocycles. The van der Waals surface area contributed by atoms with E-state index in [9.17, 15) is 4.79 Å². The van der Waals surface area contributed by atoms with Gasteiger partial charge in [-0.3, -0.25) is 0 Å². The van der Waals surface area contributed by atoms with E-state index in [1.807, 2.05) is 0 Å².